The molecule has 0 saturated carbocycles. The Morgan fingerprint density at radius 3 is 2.54 bits per heavy atom. The van der Waals surface area contributed by atoms with Gasteiger partial charge in [0.2, 0.25) is 0 Å². The molecule has 1 aliphatic heterocycles. The average Bonchev–Trinajstić information content (AvgIpc) is 3.13. The van der Waals surface area contributed by atoms with E-state index >= 15 is 0 Å². The molecule has 1 fully saturated rings. The molecule has 9 heteroatoms. The molecule has 0 aliphatic carbocycles. The van der Waals surface area contributed by atoms with Crippen molar-refractivity contribution in [1.29, 1.82) is 0 Å². The SMILES string of the molecule is CCOc1cc(/C=C2\SC(=Nc3ccc(OC)cc3)N(CCOC)C2=O)cc(Br)c1O[C@H](C)CC. The Hall–Kier alpha value is -2.49. The van der Waals surface area contributed by atoms with E-state index in [-0.39, 0.29) is 12.0 Å². The number of ether oxygens (including phenoxy) is 4. The lowest BCUT2D eigenvalue weighted by molar-refractivity contribution is -0.122. The van der Waals surface area contributed by atoms with Gasteiger partial charge in [0.1, 0.15) is 5.75 Å². The van der Waals surface area contributed by atoms with Crippen LogP contribution in [0.2, 0.25) is 0 Å². The Morgan fingerprint density at radius 1 is 1.17 bits per heavy atom. The molecule has 188 valence electrons. The van der Waals surface area contributed by atoms with Crippen molar-refractivity contribution in [3.63, 3.8) is 0 Å². The maximum absolute atomic E-state index is 13.3. The van der Waals surface area contributed by atoms with Crippen LogP contribution in [0.15, 0.2) is 50.8 Å². The highest BCUT2D eigenvalue weighted by Crippen LogP contribution is 2.40. The van der Waals surface area contributed by atoms with Gasteiger partial charge in [-0.15, -0.1) is 0 Å². The lowest BCUT2D eigenvalue weighted by Crippen LogP contribution is -2.32. The monoisotopic (exact) mass is 562 g/mol. The summed E-state index contributed by atoms with van der Waals surface area (Å²) in [6.07, 6.45) is 2.78. The van der Waals surface area contributed by atoms with Crippen LogP contribution in [-0.2, 0) is 9.53 Å². The van der Waals surface area contributed by atoms with Gasteiger partial charge in [-0.3, -0.25) is 9.69 Å². The number of hydrogen-bond acceptors (Lipinski definition) is 7. The smallest absolute Gasteiger partial charge is 0.266 e. The molecule has 1 saturated heterocycles. The molecule has 1 atom stereocenters. The lowest BCUT2D eigenvalue weighted by Gasteiger charge is -2.18. The summed E-state index contributed by atoms with van der Waals surface area (Å²) in [6, 6.07) is 11.2. The fourth-order valence-corrected chi connectivity index (χ4v) is 4.80. The zero-order chi connectivity index (χ0) is 25.4. The second kappa shape index (κ2) is 13.0. The minimum Gasteiger partial charge on any atom is -0.497 e. The predicted molar refractivity (Wildman–Crippen MR) is 145 cm³/mol. The summed E-state index contributed by atoms with van der Waals surface area (Å²) < 4.78 is 23.1. The topological polar surface area (TPSA) is 69.6 Å². The fourth-order valence-electron chi connectivity index (χ4n) is 3.22. The van der Waals surface area contributed by atoms with Gasteiger partial charge in [0.15, 0.2) is 16.7 Å². The molecule has 0 N–H and O–H groups in total. The van der Waals surface area contributed by atoms with Gasteiger partial charge >= 0.3 is 0 Å². The zero-order valence-electron chi connectivity index (χ0n) is 20.7. The van der Waals surface area contributed by atoms with Gasteiger partial charge in [0.25, 0.3) is 5.91 Å². The third kappa shape index (κ3) is 7.02. The number of hydrogen-bond donors (Lipinski definition) is 0. The van der Waals surface area contributed by atoms with Crippen molar-refractivity contribution in [1.82, 2.24) is 4.90 Å². The minimum absolute atomic E-state index is 0.0488. The molecule has 2 aromatic carbocycles. The number of amides is 1. The average molecular weight is 564 g/mol. The molecule has 0 unspecified atom stereocenters. The summed E-state index contributed by atoms with van der Waals surface area (Å²) in [4.78, 5) is 20.2. The first-order valence-electron chi connectivity index (χ1n) is 11.5. The number of amidine groups is 1. The standard InChI is InChI=1S/C26H31BrN2O5S/c1-6-17(3)34-24-21(27)14-18(15-22(24)33-7-2)16-23-25(30)29(12-13-31-4)26(35-23)28-19-8-10-20(32-5)11-9-19/h8-11,14-17H,6-7,12-13H2,1-5H3/b23-16-,28-26?/t17-/m1/s1. The van der Waals surface area contributed by atoms with Crippen LogP contribution in [0.3, 0.4) is 0 Å². The van der Waals surface area contributed by atoms with Gasteiger partial charge < -0.3 is 18.9 Å². The van der Waals surface area contributed by atoms with E-state index < -0.39 is 0 Å². The maximum atomic E-state index is 13.3. The van der Waals surface area contributed by atoms with E-state index in [1.165, 1.54) is 11.8 Å². The second-order valence-electron chi connectivity index (χ2n) is 7.75. The summed E-state index contributed by atoms with van der Waals surface area (Å²) in [6.45, 7) is 7.33. The number of aliphatic imine (C=N–C) groups is 1. The molecule has 35 heavy (non-hydrogen) atoms. The highest BCUT2D eigenvalue weighted by Gasteiger charge is 2.33. The zero-order valence-corrected chi connectivity index (χ0v) is 23.1. The highest BCUT2D eigenvalue weighted by atomic mass is 79.9. The van der Waals surface area contributed by atoms with Gasteiger partial charge in [-0.2, -0.15) is 0 Å². The summed E-state index contributed by atoms with van der Waals surface area (Å²) in [5, 5.41) is 0.601. The number of halogens is 1. The van der Waals surface area contributed by atoms with Crippen molar-refractivity contribution in [3.05, 3.63) is 51.3 Å². The third-order valence-electron chi connectivity index (χ3n) is 5.23. The molecule has 2 aromatic rings. The van der Waals surface area contributed by atoms with E-state index in [1.54, 1.807) is 19.1 Å². The maximum Gasteiger partial charge on any atom is 0.266 e. The molecule has 0 spiro atoms. The summed E-state index contributed by atoms with van der Waals surface area (Å²) in [7, 11) is 3.23. The van der Waals surface area contributed by atoms with Crippen LogP contribution in [0.4, 0.5) is 5.69 Å². The van der Waals surface area contributed by atoms with Crippen molar-refractivity contribution in [2.45, 2.75) is 33.3 Å². The first-order chi connectivity index (χ1) is 16.9. The molecular formula is C26H31BrN2O5S. The Kier molecular flexibility index (Phi) is 10.1. The second-order valence-corrected chi connectivity index (χ2v) is 9.62. The number of rotatable bonds is 11. The van der Waals surface area contributed by atoms with Gasteiger partial charge in [-0.25, -0.2) is 4.99 Å². The van der Waals surface area contributed by atoms with Crippen LogP contribution in [0.5, 0.6) is 17.2 Å². The molecular weight excluding hydrogens is 532 g/mol. The largest absolute Gasteiger partial charge is 0.497 e. The predicted octanol–water partition coefficient (Wildman–Crippen LogP) is 6.28. The van der Waals surface area contributed by atoms with Crippen molar-refractivity contribution in [2.75, 3.05) is 34.0 Å². The van der Waals surface area contributed by atoms with Gasteiger partial charge in [-0.05, 0) is 96.0 Å². The summed E-state index contributed by atoms with van der Waals surface area (Å²) in [5.74, 6) is 1.93. The Labute approximate surface area is 219 Å². The van der Waals surface area contributed by atoms with E-state index in [9.17, 15) is 4.79 Å². The molecule has 3 rings (SSSR count). The Balaban J connectivity index is 1.95. The molecule has 1 amide bonds. The Bertz CT molecular complexity index is 1090. The molecule has 1 heterocycles. The molecule has 0 aromatic heterocycles. The number of methoxy groups -OCH3 is 2. The van der Waals surface area contributed by atoms with E-state index in [4.69, 9.17) is 23.9 Å². The van der Waals surface area contributed by atoms with Crippen molar-refractivity contribution < 1.29 is 23.7 Å². The fraction of sp³-hybridized carbons (Fsp3) is 0.385. The number of carbonyl (C=O) groups is 1. The molecule has 7 nitrogen and oxygen atoms in total. The van der Waals surface area contributed by atoms with Crippen molar-refractivity contribution in [2.24, 2.45) is 4.99 Å². The van der Waals surface area contributed by atoms with Crippen LogP contribution in [0.25, 0.3) is 6.08 Å². The van der Waals surface area contributed by atoms with E-state index in [0.717, 1.165) is 27.9 Å². The van der Waals surface area contributed by atoms with Crippen LogP contribution in [0, 0.1) is 0 Å². The number of carbonyl (C=O) groups excluding carboxylic acids is 1. The van der Waals surface area contributed by atoms with Gasteiger partial charge in [0, 0.05) is 7.11 Å². The number of nitrogens with zero attached hydrogens (tertiary/aromatic N) is 2. The van der Waals surface area contributed by atoms with Crippen molar-refractivity contribution in [3.8, 4) is 17.2 Å². The molecule has 0 radical (unpaired) electrons. The molecule has 1 aliphatic rings. The van der Waals surface area contributed by atoms with Crippen LogP contribution >= 0.6 is 27.7 Å². The third-order valence-corrected chi connectivity index (χ3v) is 6.82. The van der Waals surface area contributed by atoms with Crippen molar-refractivity contribution >= 4 is 50.5 Å². The van der Waals surface area contributed by atoms with Crippen LogP contribution < -0.4 is 14.2 Å². The quantitative estimate of drug-likeness (QED) is 0.300. The summed E-state index contributed by atoms with van der Waals surface area (Å²) >= 11 is 4.95. The first kappa shape index (κ1) is 27.1. The number of benzene rings is 2. The van der Waals surface area contributed by atoms with E-state index in [1.807, 2.05) is 56.3 Å². The van der Waals surface area contributed by atoms with Gasteiger partial charge in [-0.1, -0.05) is 6.92 Å². The Morgan fingerprint density at radius 2 is 1.91 bits per heavy atom. The first-order valence-corrected chi connectivity index (χ1v) is 13.1. The lowest BCUT2D eigenvalue weighted by atomic mass is 10.1. The highest BCUT2D eigenvalue weighted by molar-refractivity contribution is 9.10. The van der Waals surface area contributed by atoms with E-state index in [2.05, 4.69) is 22.9 Å². The normalized spacial score (nSPS) is 16.7. The van der Waals surface area contributed by atoms with Gasteiger partial charge in [0.05, 0.1) is 48.0 Å². The minimum atomic E-state index is -0.117. The molecule has 0 bridgehead atoms. The van der Waals surface area contributed by atoms with Crippen LogP contribution in [-0.4, -0.2) is 56.1 Å². The van der Waals surface area contributed by atoms with Crippen LogP contribution in [0.1, 0.15) is 32.8 Å². The number of thioether (sulfide) groups is 1. The van der Waals surface area contributed by atoms with E-state index in [0.29, 0.717) is 41.3 Å². The summed E-state index contributed by atoms with van der Waals surface area (Å²) in [5.41, 5.74) is 1.56.